The number of rotatable bonds is 4. The molecule has 1 aromatic rings. The topological polar surface area (TPSA) is 55.2 Å². The van der Waals surface area contributed by atoms with Crippen LogP contribution in [0.1, 0.15) is 22.5 Å². The summed E-state index contributed by atoms with van der Waals surface area (Å²) < 4.78 is 16.3. The smallest absolute Gasteiger partial charge is 0.257 e. The zero-order chi connectivity index (χ0) is 16.3. The summed E-state index contributed by atoms with van der Waals surface area (Å²) in [4.78, 5) is 17.1. The molecule has 2 aliphatic heterocycles. The molecule has 3 heterocycles. The van der Waals surface area contributed by atoms with E-state index >= 15 is 0 Å². The lowest BCUT2D eigenvalue weighted by Crippen LogP contribution is -2.43. The Labute approximate surface area is 137 Å². The average molecular weight is 322 g/mol. The van der Waals surface area contributed by atoms with E-state index < -0.39 is 0 Å². The Morgan fingerprint density at radius 1 is 1.39 bits per heavy atom. The van der Waals surface area contributed by atoms with E-state index in [1.165, 1.54) is 0 Å². The molecule has 23 heavy (non-hydrogen) atoms. The van der Waals surface area contributed by atoms with Crippen molar-refractivity contribution >= 4 is 5.91 Å². The first kappa shape index (κ1) is 16.5. The number of carbonyl (C=O) groups is 1. The van der Waals surface area contributed by atoms with Crippen molar-refractivity contribution in [2.75, 3.05) is 59.7 Å². The van der Waals surface area contributed by atoms with Gasteiger partial charge in [0, 0.05) is 38.7 Å². The van der Waals surface area contributed by atoms with Gasteiger partial charge in [-0.05, 0) is 26.0 Å². The number of carbonyl (C=O) groups excluding carboxylic acids is 1. The molecule has 6 heteroatoms. The highest BCUT2D eigenvalue weighted by Crippen LogP contribution is 2.33. The van der Waals surface area contributed by atoms with Gasteiger partial charge in [-0.1, -0.05) is 0 Å². The second-order valence-corrected chi connectivity index (χ2v) is 6.69. The van der Waals surface area contributed by atoms with E-state index in [1.54, 1.807) is 19.4 Å². The highest BCUT2D eigenvalue weighted by Gasteiger charge is 2.42. The first-order valence-electron chi connectivity index (χ1n) is 8.26. The lowest BCUT2D eigenvalue weighted by molar-refractivity contribution is 0.0628. The number of amides is 1. The van der Waals surface area contributed by atoms with Crippen molar-refractivity contribution in [2.24, 2.45) is 5.41 Å². The minimum Gasteiger partial charge on any atom is -0.469 e. The number of aryl methyl sites for hydroxylation is 1. The standard InChI is InChI=1S/C17H26N2O4/c1-14-15(3-8-23-14)16(20)19-7-10-22-13-17(12-19)4-5-18(11-17)6-9-21-2/h3,8H,4-7,9-13H2,1-2H3. The van der Waals surface area contributed by atoms with Crippen LogP contribution >= 0.6 is 0 Å². The van der Waals surface area contributed by atoms with Crippen molar-refractivity contribution in [1.82, 2.24) is 9.80 Å². The molecular weight excluding hydrogens is 296 g/mol. The van der Waals surface area contributed by atoms with Gasteiger partial charge in [0.15, 0.2) is 0 Å². The van der Waals surface area contributed by atoms with E-state index in [0.717, 1.165) is 45.8 Å². The van der Waals surface area contributed by atoms with Crippen molar-refractivity contribution in [1.29, 1.82) is 0 Å². The van der Waals surface area contributed by atoms with E-state index in [9.17, 15) is 4.79 Å². The number of likely N-dealkylation sites (tertiary alicyclic amines) is 1. The van der Waals surface area contributed by atoms with Crippen LogP contribution in [0.4, 0.5) is 0 Å². The molecule has 0 aliphatic carbocycles. The van der Waals surface area contributed by atoms with Crippen LogP contribution in [0.5, 0.6) is 0 Å². The third-order valence-corrected chi connectivity index (χ3v) is 4.95. The highest BCUT2D eigenvalue weighted by molar-refractivity contribution is 5.95. The fraction of sp³-hybridized carbons (Fsp3) is 0.706. The quantitative estimate of drug-likeness (QED) is 0.839. The van der Waals surface area contributed by atoms with Crippen molar-refractivity contribution in [3.05, 3.63) is 23.7 Å². The van der Waals surface area contributed by atoms with Crippen molar-refractivity contribution in [3.63, 3.8) is 0 Å². The summed E-state index contributed by atoms with van der Waals surface area (Å²) >= 11 is 0. The lowest BCUT2D eigenvalue weighted by atomic mass is 9.87. The van der Waals surface area contributed by atoms with Gasteiger partial charge < -0.3 is 23.7 Å². The summed E-state index contributed by atoms with van der Waals surface area (Å²) in [5, 5.41) is 0. The molecule has 1 atom stereocenters. The van der Waals surface area contributed by atoms with Crippen LogP contribution in [0.15, 0.2) is 16.7 Å². The molecular formula is C17H26N2O4. The molecule has 0 radical (unpaired) electrons. The largest absolute Gasteiger partial charge is 0.469 e. The zero-order valence-corrected chi connectivity index (χ0v) is 14.0. The number of furan rings is 1. The minimum absolute atomic E-state index is 0.0392. The molecule has 0 saturated carbocycles. The summed E-state index contributed by atoms with van der Waals surface area (Å²) in [6, 6.07) is 1.76. The molecule has 6 nitrogen and oxygen atoms in total. The third-order valence-electron chi connectivity index (χ3n) is 4.95. The van der Waals surface area contributed by atoms with Gasteiger partial charge in [0.1, 0.15) is 5.76 Å². The van der Waals surface area contributed by atoms with Crippen LogP contribution in [-0.4, -0.2) is 75.4 Å². The van der Waals surface area contributed by atoms with Gasteiger partial charge in [0.25, 0.3) is 5.91 Å². The molecule has 2 saturated heterocycles. The Morgan fingerprint density at radius 3 is 3.00 bits per heavy atom. The number of hydrogen-bond acceptors (Lipinski definition) is 5. The van der Waals surface area contributed by atoms with Crippen LogP contribution < -0.4 is 0 Å². The predicted molar refractivity (Wildman–Crippen MR) is 85.5 cm³/mol. The number of methoxy groups -OCH3 is 1. The molecule has 1 unspecified atom stereocenters. The van der Waals surface area contributed by atoms with Crippen molar-refractivity contribution < 1.29 is 18.7 Å². The highest BCUT2D eigenvalue weighted by atomic mass is 16.5. The Kier molecular flexibility index (Phi) is 5.04. The van der Waals surface area contributed by atoms with Gasteiger partial charge in [-0.25, -0.2) is 0 Å². The fourth-order valence-electron chi connectivity index (χ4n) is 3.63. The summed E-state index contributed by atoms with van der Waals surface area (Å²) in [6.45, 7) is 8.24. The van der Waals surface area contributed by atoms with Crippen molar-refractivity contribution in [3.8, 4) is 0 Å². The summed E-state index contributed by atoms with van der Waals surface area (Å²) in [5.41, 5.74) is 0.702. The van der Waals surface area contributed by atoms with E-state index in [1.807, 2.05) is 11.8 Å². The summed E-state index contributed by atoms with van der Waals surface area (Å²) in [7, 11) is 1.73. The van der Waals surface area contributed by atoms with Gasteiger partial charge in [0.05, 0.1) is 31.6 Å². The second kappa shape index (κ2) is 7.03. The molecule has 128 valence electrons. The SMILES string of the molecule is COCCN1CCC2(COCCN(C(=O)c3ccoc3C)C2)C1. The molecule has 1 amide bonds. The normalized spacial score (nSPS) is 25.9. The Bertz CT molecular complexity index is 544. The number of ether oxygens (including phenoxy) is 2. The molecule has 1 aromatic heterocycles. The Balaban J connectivity index is 1.69. The number of hydrogen-bond donors (Lipinski definition) is 0. The summed E-state index contributed by atoms with van der Waals surface area (Å²) in [6.07, 6.45) is 2.64. The second-order valence-electron chi connectivity index (χ2n) is 6.69. The Hall–Kier alpha value is -1.37. The number of nitrogens with zero attached hydrogens (tertiary/aromatic N) is 2. The fourth-order valence-corrected chi connectivity index (χ4v) is 3.63. The van der Waals surface area contributed by atoms with E-state index in [2.05, 4.69) is 4.90 Å². The van der Waals surface area contributed by atoms with Gasteiger partial charge in [-0.15, -0.1) is 0 Å². The lowest BCUT2D eigenvalue weighted by Gasteiger charge is -2.32. The molecule has 0 N–H and O–H groups in total. The average Bonchev–Trinajstić information content (AvgIpc) is 3.07. The minimum atomic E-state index is 0.0392. The van der Waals surface area contributed by atoms with Gasteiger partial charge in [-0.3, -0.25) is 4.79 Å². The van der Waals surface area contributed by atoms with Gasteiger partial charge >= 0.3 is 0 Å². The van der Waals surface area contributed by atoms with E-state index in [4.69, 9.17) is 13.9 Å². The first-order chi connectivity index (χ1) is 11.1. The maximum Gasteiger partial charge on any atom is 0.257 e. The monoisotopic (exact) mass is 322 g/mol. The van der Waals surface area contributed by atoms with Crippen LogP contribution in [0.2, 0.25) is 0 Å². The van der Waals surface area contributed by atoms with E-state index in [-0.39, 0.29) is 11.3 Å². The van der Waals surface area contributed by atoms with Crippen molar-refractivity contribution in [2.45, 2.75) is 13.3 Å². The maximum absolute atomic E-state index is 12.8. The maximum atomic E-state index is 12.8. The van der Waals surface area contributed by atoms with Crippen LogP contribution in [0, 0.1) is 12.3 Å². The van der Waals surface area contributed by atoms with Crippen LogP contribution in [0.3, 0.4) is 0 Å². The van der Waals surface area contributed by atoms with Gasteiger partial charge in [0.2, 0.25) is 0 Å². The molecule has 2 aliphatic rings. The molecule has 3 rings (SSSR count). The van der Waals surface area contributed by atoms with Crippen LogP contribution in [0.25, 0.3) is 0 Å². The molecule has 2 fully saturated rings. The predicted octanol–water partition coefficient (Wildman–Crippen LogP) is 1.40. The molecule has 1 spiro atoms. The van der Waals surface area contributed by atoms with Crippen LogP contribution in [-0.2, 0) is 9.47 Å². The first-order valence-corrected chi connectivity index (χ1v) is 8.26. The Morgan fingerprint density at radius 2 is 2.26 bits per heavy atom. The zero-order valence-electron chi connectivity index (χ0n) is 14.0. The van der Waals surface area contributed by atoms with Gasteiger partial charge in [-0.2, -0.15) is 0 Å². The van der Waals surface area contributed by atoms with E-state index in [0.29, 0.717) is 24.5 Å². The summed E-state index contributed by atoms with van der Waals surface area (Å²) in [5.74, 6) is 0.735. The third kappa shape index (κ3) is 3.59. The molecule has 0 aromatic carbocycles. The molecule has 0 bridgehead atoms.